The molecular formula is C14H15FN4O2. The van der Waals surface area contributed by atoms with Crippen LogP contribution in [0.25, 0.3) is 0 Å². The van der Waals surface area contributed by atoms with Crippen LogP contribution in [-0.2, 0) is 0 Å². The number of aromatic nitrogens is 2. The average molecular weight is 290 g/mol. The molecule has 0 bridgehead atoms. The van der Waals surface area contributed by atoms with Crippen LogP contribution in [0.3, 0.4) is 0 Å². The number of rotatable bonds is 3. The van der Waals surface area contributed by atoms with Gasteiger partial charge in [-0.2, -0.15) is 5.10 Å². The third-order valence-corrected chi connectivity index (χ3v) is 3.23. The van der Waals surface area contributed by atoms with Gasteiger partial charge in [-0.05, 0) is 32.9 Å². The highest BCUT2D eigenvalue weighted by Crippen LogP contribution is 2.22. The van der Waals surface area contributed by atoms with Gasteiger partial charge in [-0.15, -0.1) is 0 Å². The first kappa shape index (κ1) is 14.7. The lowest BCUT2D eigenvalue weighted by atomic mass is 10.1. The summed E-state index contributed by atoms with van der Waals surface area (Å²) >= 11 is 0. The topological polar surface area (TPSA) is 101 Å². The predicted octanol–water partition coefficient (Wildman–Crippen LogP) is 1.83. The summed E-state index contributed by atoms with van der Waals surface area (Å²) in [6, 6.07) is 2.39. The van der Waals surface area contributed by atoms with Gasteiger partial charge in [-0.25, -0.2) is 4.39 Å². The number of aromatic amines is 1. The molecule has 4 N–H and O–H groups in total. The third-order valence-electron chi connectivity index (χ3n) is 3.23. The molecule has 1 aromatic heterocycles. The van der Waals surface area contributed by atoms with Gasteiger partial charge in [-0.3, -0.25) is 14.7 Å². The van der Waals surface area contributed by atoms with E-state index in [1.807, 2.05) is 0 Å². The highest BCUT2D eigenvalue weighted by molar-refractivity contribution is 6.06. The molecule has 2 aromatic rings. The van der Waals surface area contributed by atoms with E-state index >= 15 is 0 Å². The van der Waals surface area contributed by atoms with Crippen molar-refractivity contribution in [1.82, 2.24) is 10.2 Å². The number of halogens is 1. The van der Waals surface area contributed by atoms with Gasteiger partial charge in [0.05, 0.1) is 11.3 Å². The van der Waals surface area contributed by atoms with Gasteiger partial charge in [-0.1, -0.05) is 0 Å². The Morgan fingerprint density at radius 2 is 1.95 bits per heavy atom. The van der Waals surface area contributed by atoms with Crippen LogP contribution in [0.2, 0.25) is 0 Å². The van der Waals surface area contributed by atoms with Crippen molar-refractivity contribution in [3.05, 3.63) is 46.0 Å². The van der Waals surface area contributed by atoms with Crippen LogP contribution in [0.5, 0.6) is 0 Å². The lowest BCUT2D eigenvalue weighted by Crippen LogP contribution is -2.17. The van der Waals surface area contributed by atoms with E-state index in [2.05, 4.69) is 15.5 Å². The molecule has 2 amide bonds. The molecule has 1 heterocycles. The first-order valence-corrected chi connectivity index (χ1v) is 6.24. The predicted molar refractivity (Wildman–Crippen MR) is 75.7 cm³/mol. The molecule has 2 rings (SSSR count). The summed E-state index contributed by atoms with van der Waals surface area (Å²) in [6.07, 6.45) is 0. The minimum Gasteiger partial charge on any atom is -0.366 e. The fourth-order valence-corrected chi connectivity index (χ4v) is 2.02. The number of nitrogens with two attached hydrogens (primary N) is 1. The van der Waals surface area contributed by atoms with Crippen molar-refractivity contribution < 1.29 is 14.0 Å². The Balaban J connectivity index is 2.40. The molecule has 110 valence electrons. The second-order valence-electron chi connectivity index (χ2n) is 4.76. The number of H-pyrrole nitrogens is 1. The molecule has 0 unspecified atom stereocenters. The Labute approximate surface area is 120 Å². The van der Waals surface area contributed by atoms with E-state index in [-0.39, 0.29) is 16.8 Å². The highest BCUT2D eigenvalue weighted by atomic mass is 19.1. The number of nitrogens with one attached hydrogen (secondary N) is 2. The minimum absolute atomic E-state index is 0.00552. The molecule has 1 aromatic carbocycles. The summed E-state index contributed by atoms with van der Waals surface area (Å²) in [6.45, 7) is 4.90. The summed E-state index contributed by atoms with van der Waals surface area (Å²) in [4.78, 5) is 23.4. The quantitative estimate of drug-likeness (QED) is 0.803. The van der Waals surface area contributed by atoms with Crippen LogP contribution in [0.15, 0.2) is 12.1 Å². The van der Waals surface area contributed by atoms with Crippen LogP contribution >= 0.6 is 0 Å². The third kappa shape index (κ3) is 2.76. The van der Waals surface area contributed by atoms with Crippen molar-refractivity contribution >= 4 is 17.5 Å². The number of amides is 2. The van der Waals surface area contributed by atoms with Crippen LogP contribution in [-0.4, -0.2) is 22.0 Å². The molecule has 21 heavy (non-hydrogen) atoms. The van der Waals surface area contributed by atoms with Crippen molar-refractivity contribution in [3.8, 4) is 0 Å². The first-order valence-electron chi connectivity index (χ1n) is 6.24. The minimum atomic E-state index is -0.764. The molecule has 0 fully saturated rings. The zero-order valence-corrected chi connectivity index (χ0v) is 11.9. The zero-order chi connectivity index (χ0) is 15.7. The van der Waals surface area contributed by atoms with Gasteiger partial charge in [0, 0.05) is 22.5 Å². The normalized spacial score (nSPS) is 10.5. The molecule has 7 heteroatoms. The molecule has 0 radical (unpaired) electrons. The summed E-state index contributed by atoms with van der Waals surface area (Å²) < 4.78 is 13.8. The average Bonchev–Trinajstić information content (AvgIpc) is 2.74. The van der Waals surface area contributed by atoms with Crippen LogP contribution < -0.4 is 11.1 Å². The standard InChI is InChI=1S/C14H15FN4O2/c1-6-10(15)4-9(13(16)20)5-11(6)17-14(21)12-7(2)18-19-8(12)3/h4-5H,1-3H3,(H2,16,20)(H,17,21)(H,18,19). The van der Waals surface area contributed by atoms with Gasteiger partial charge in [0.15, 0.2) is 0 Å². The lowest BCUT2D eigenvalue weighted by Gasteiger charge is -2.11. The zero-order valence-electron chi connectivity index (χ0n) is 11.9. The summed E-state index contributed by atoms with van der Waals surface area (Å²) in [7, 11) is 0. The Kier molecular flexibility index (Phi) is 3.75. The molecule has 0 aliphatic carbocycles. The number of benzene rings is 1. The fourth-order valence-electron chi connectivity index (χ4n) is 2.02. The SMILES string of the molecule is Cc1n[nH]c(C)c1C(=O)Nc1cc(C(N)=O)cc(F)c1C. The van der Waals surface area contributed by atoms with E-state index < -0.39 is 17.6 Å². The number of nitrogens with zero attached hydrogens (tertiary/aromatic N) is 1. The van der Waals surface area contributed by atoms with Gasteiger partial charge in [0.25, 0.3) is 5.91 Å². The summed E-state index contributed by atoms with van der Waals surface area (Å²) in [5.74, 6) is -1.80. The van der Waals surface area contributed by atoms with E-state index in [4.69, 9.17) is 5.73 Å². The fraction of sp³-hybridized carbons (Fsp3) is 0.214. The van der Waals surface area contributed by atoms with E-state index in [9.17, 15) is 14.0 Å². The van der Waals surface area contributed by atoms with E-state index in [1.165, 1.54) is 13.0 Å². The highest BCUT2D eigenvalue weighted by Gasteiger charge is 2.18. The molecule has 0 aliphatic rings. The van der Waals surface area contributed by atoms with Crippen molar-refractivity contribution in [3.63, 3.8) is 0 Å². The molecular weight excluding hydrogens is 275 g/mol. The lowest BCUT2D eigenvalue weighted by molar-refractivity contribution is 0.0995. The summed E-state index contributed by atoms with van der Waals surface area (Å²) in [5, 5.41) is 9.21. The number of anilines is 1. The summed E-state index contributed by atoms with van der Waals surface area (Å²) in [5.41, 5.74) is 7.10. The number of primary amides is 1. The Hall–Kier alpha value is -2.70. The Morgan fingerprint density at radius 3 is 2.48 bits per heavy atom. The molecule has 0 spiro atoms. The molecule has 0 atom stereocenters. The number of hydrogen-bond acceptors (Lipinski definition) is 3. The molecule has 0 saturated heterocycles. The smallest absolute Gasteiger partial charge is 0.259 e. The maximum absolute atomic E-state index is 13.8. The van der Waals surface area contributed by atoms with E-state index in [1.54, 1.807) is 13.8 Å². The Morgan fingerprint density at radius 1 is 1.29 bits per heavy atom. The van der Waals surface area contributed by atoms with Gasteiger partial charge < -0.3 is 11.1 Å². The largest absolute Gasteiger partial charge is 0.366 e. The first-order chi connectivity index (χ1) is 9.81. The van der Waals surface area contributed by atoms with Crippen molar-refractivity contribution in [1.29, 1.82) is 0 Å². The van der Waals surface area contributed by atoms with Gasteiger partial charge >= 0.3 is 0 Å². The van der Waals surface area contributed by atoms with Crippen molar-refractivity contribution in [2.24, 2.45) is 5.73 Å². The molecule has 0 aliphatic heterocycles. The number of carbonyl (C=O) groups is 2. The van der Waals surface area contributed by atoms with Crippen molar-refractivity contribution in [2.45, 2.75) is 20.8 Å². The maximum Gasteiger partial charge on any atom is 0.259 e. The second kappa shape index (κ2) is 5.35. The van der Waals surface area contributed by atoms with Crippen LogP contribution in [0.4, 0.5) is 10.1 Å². The van der Waals surface area contributed by atoms with Crippen LogP contribution in [0, 0.1) is 26.6 Å². The van der Waals surface area contributed by atoms with Crippen LogP contribution in [0.1, 0.15) is 37.7 Å². The molecule has 0 saturated carbocycles. The van der Waals surface area contributed by atoms with E-state index in [0.717, 1.165) is 6.07 Å². The molecule has 6 nitrogen and oxygen atoms in total. The monoisotopic (exact) mass is 290 g/mol. The van der Waals surface area contributed by atoms with Crippen molar-refractivity contribution in [2.75, 3.05) is 5.32 Å². The number of aryl methyl sites for hydroxylation is 2. The van der Waals surface area contributed by atoms with Gasteiger partial charge in [0.1, 0.15) is 5.82 Å². The maximum atomic E-state index is 13.8. The van der Waals surface area contributed by atoms with Gasteiger partial charge in [0.2, 0.25) is 5.91 Å². The van der Waals surface area contributed by atoms with E-state index in [0.29, 0.717) is 17.0 Å². The second-order valence-corrected chi connectivity index (χ2v) is 4.76. The Bertz CT molecular complexity index is 717. The number of carbonyl (C=O) groups excluding carboxylic acids is 2. The number of hydrogen-bond donors (Lipinski definition) is 3.